The summed E-state index contributed by atoms with van der Waals surface area (Å²) < 4.78 is 0. The van der Waals surface area contributed by atoms with E-state index < -0.39 is 0 Å². The summed E-state index contributed by atoms with van der Waals surface area (Å²) in [5.41, 5.74) is 1.18. The summed E-state index contributed by atoms with van der Waals surface area (Å²) in [6.07, 6.45) is 5.52. The van der Waals surface area contributed by atoms with E-state index in [4.69, 9.17) is 0 Å². The Labute approximate surface area is 90.5 Å². The van der Waals surface area contributed by atoms with Gasteiger partial charge in [0.25, 0.3) is 0 Å². The summed E-state index contributed by atoms with van der Waals surface area (Å²) >= 11 is 0. The molecule has 0 saturated heterocycles. The van der Waals surface area contributed by atoms with E-state index in [-0.39, 0.29) is 5.41 Å². The average molecular weight is 200 g/mol. The zero-order chi connectivity index (χ0) is 10.3. The molecule has 78 valence electrons. The van der Waals surface area contributed by atoms with Crippen LogP contribution in [0, 0.1) is 5.92 Å². The van der Waals surface area contributed by atoms with Gasteiger partial charge in [-0.1, -0.05) is 30.3 Å². The Morgan fingerprint density at radius 2 is 1.87 bits per heavy atom. The van der Waals surface area contributed by atoms with Gasteiger partial charge in [0.15, 0.2) is 0 Å². The number of Topliss-reactive ketones (excluding diaryl/α,β-unsaturated/α-hetero) is 1. The van der Waals surface area contributed by atoms with E-state index in [2.05, 4.69) is 12.1 Å². The average Bonchev–Trinajstić information content (AvgIpc) is 3.14. The van der Waals surface area contributed by atoms with Crippen molar-refractivity contribution in [2.75, 3.05) is 0 Å². The number of ketones is 1. The van der Waals surface area contributed by atoms with Gasteiger partial charge in [-0.2, -0.15) is 0 Å². The molecule has 3 rings (SSSR count). The Morgan fingerprint density at radius 3 is 2.40 bits per heavy atom. The summed E-state index contributed by atoms with van der Waals surface area (Å²) in [6, 6.07) is 10.3. The van der Waals surface area contributed by atoms with Crippen LogP contribution in [0.1, 0.15) is 37.7 Å². The fourth-order valence-electron chi connectivity index (χ4n) is 2.39. The number of carbonyl (C=O) groups is 1. The minimum Gasteiger partial charge on any atom is -0.299 e. The van der Waals surface area contributed by atoms with E-state index in [1.807, 2.05) is 18.2 Å². The monoisotopic (exact) mass is 200 g/mol. The van der Waals surface area contributed by atoms with E-state index in [1.165, 1.54) is 18.4 Å². The molecule has 0 N–H and O–H groups in total. The van der Waals surface area contributed by atoms with Gasteiger partial charge in [0.2, 0.25) is 0 Å². The largest absolute Gasteiger partial charge is 0.299 e. The first-order chi connectivity index (χ1) is 7.31. The second-order valence-electron chi connectivity index (χ2n) is 5.02. The van der Waals surface area contributed by atoms with Crippen molar-refractivity contribution < 1.29 is 4.79 Å². The van der Waals surface area contributed by atoms with E-state index in [0.29, 0.717) is 5.78 Å². The van der Waals surface area contributed by atoms with E-state index in [0.717, 1.165) is 25.2 Å². The first-order valence-electron chi connectivity index (χ1n) is 5.90. The first kappa shape index (κ1) is 9.14. The molecule has 15 heavy (non-hydrogen) atoms. The standard InChI is InChI=1S/C14H16O/c15-13(10-11-6-7-11)14(8-9-14)12-4-2-1-3-5-12/h1-5,11H,6-10H2. The van der Waals surface area contributed by atoms with Gasteiger partial charge >= 0.3 is 0 Å². The fraction of sp³-hybridized carbons (Fsp3) is 0.500. The molecule has 2 fully saturated rings. The highest BCUT2D eigenvalue weighted by Gasteiger charge is 2.51. The van der Waals surface area contributed by atoms with E-state index in [1.54, 1.807) is 0 Å². The summed E-state index contributed by atoms with van der Waals surface area (Å²) in [7, 11) is 0. The molecular weight excluding hydrogens is 184 g/mol. The third-order valence-electron chi connectivity index (χ3n) is 3.78. The van der Waals surface area contributed by atoms with Gasteiger partial charge in [0.1, 0.15) is 5.78 Å². The van der Waals surface area contributed by atoms with Gasteiger partial charge in [-0.25, -0.2) is 0 Å². The molecule has 0 spiro atoms. The fourth-order valence-corrected chi connectivity index (χ4v) is 2.39. The Balaban J connectivity index is 1.81. The van der Waals surface area contributed by atoms with Crippen LogP contribution in [0.15, 0.2) is 30.3 Å². The molecule has 0 bridgehead atoms. The van der Waals surface area contributed by atoms with Crippen molar-refractivity contribution in [3.05, 3.63) is 35.9 Å². The molecule has 0 atom stereocenters. The second kappa shape index (κ2) is 3.19. The quantitative estimate of drug-likeness (QED) is 0.730. The molecular formula is C14H16O. The third kappa shape index (κ3) is 1.60. The topological polar surface area (TPSA) is 17.1 Å². The van der Waals surface area contributed by atoms with Gasteiger partial charge < -0.3 is 0 Å². The van der Waals surface area contributed by atoms with Crippen LogP contribution in [-0.2, 0) is 10.2 Å². The lowest BCUT2D eigenvalue weighted by molar-refractivity contribution is -0.121. The predicted octanol–water partition coefficient (Wildman–Crippen LogP) is 3.09. The van der Waals surface area contributed by atoms with Crippen molar-refractivity contribution in [3.63, 3.8) is 0 Å². The summed E-state index contributed by atoms with van der Waals surface area (Å²) in [5.74, 6) is 1.22. The van der Waals surface area contributed by atoms with Gasteiger partial charge in [-0.3, -0.25) is 4.79 Å². The first-order valence-corrected chi connectivity index (χ1v) is 5.90. The third-order valence-corrected chi connectivity index (χ3v) is 3.78. The number of carbonyl (C=O) groups excluding carboxylic acids is 1. The Bertz CT molecular complexity index is 372. The smallest absolute Gasteiger partial charge is 0.143 e. The number of hydrogen-bond donors (Lipinski definition) is 0. The van der Waals surface area contributed by atoms with Gasteiger partial charge in [0.05, 0.1) is 5.41 Å². The zero-order valence-electron chi connectivity index (χ0n) is 8.91. The van der Waals surface area contributed by atoms with E-state index >= 15 is 0 Å². The van der Waals surface area contributed by atoms with Gasteiger partial charge in [-0.05, 0) is 37.2 Å². The van der Waals surface area contributed by atoms with Crippen LogP contribution in [0.3, 0.4) is 0 Å². The van der Waals surface area contributed by atoms with Crippen molar-refractivity contribution in [2.24, 2.45) is 5.92 Å². The molecule has 0 heterocycles. The van der Waals surface area contributed by atoms with Crippen molar-refractivity contribution in [2.45, 2.75) is 37.5 Å². The predicted molar refractivity (Wildman–Crippen MR) is 59.7 cm³/mol. The summed E-state index contributed by atoms with van der Waals surface area (Å²) in [6.45, 7) is 0. The van der Waals surface area contributed by atoms with E-state index in [9.17, 15) is 4.79 Å². The summed E-state index contributed by atoms with van der Waals surface area (Å²) in [4.78, 5) is 12.2. The normalized spacial score (nSPS) is 22.4. The molecule has 0 unspecified atom stereocenters. The van der Waals surface area contributed by atoms with Gasteiger partial charge in [0, 0.05) is 6.42 Å². The second-order valence-corrected chi connectivity index (χ2v) is 5.02. The Morgan fingerprint density at radius 1 is 1.20 bits per heavy atom. The lowest BCUT2D eigenvalue weighted by Crippen LogP contribution is -2.20. The van der Waals surface area contributed by atoms with Crippen molar-refractivity contribution in [3.8, 4) is 0 Å². The van der Waals surface area contributed by atoms with Crippen molar-refractivity contribution in [1.82, 2.24) is 0 Å². The molecule has 0 aromatic heterocycles. The van der Waals surface area contributed by atoms with Crippen molar-refractivity contribution >= 4 is 5.78 Å². The minimum absolute atomic E-state index is 0.0656. The molecule has 1 heteroatoms. The molecule has 0 amide bonds. The Kier molecular flexibility index (Phi) is 1.95. The highest BCUT2D eigenvalue weighted by atomic mass is 16.1. The lowest BCUT2D eigenvalue weighted by Gasteiger charge is -2.13. The molecule has 2 saturated carbocycles. The maximum absolute atomic E-state index is 12.2. The zero-order valence-corrected chi connectivity index (χ0v) is 8.91. The lowest BCUT2D eigenvalue weighted by atomic mass is 9.89. The van der Waals surface area contributed by atoms with Crippen LogP contribution in [0.5, 0.6) is 0 Å². The number of benzene rings is 1. The van der Waals surface area contributed by atoms with Gasteiger partial charge in [-0.15, -0.1) is 0 Å². The van der Waals surface area contributed by atoms with Crippen LogP contribution >= 0.6 is 0 Å². The number of hydrogen-bond acceptors (Lipinski definition) is 1. The van der Waals surface area contributed by atoms with Crippen LogP contribution in [0.2, 0.25) is 0 Å². The summed E-state index contributed by atoms with van der Waals surface area (Å²) in [5, 5.41) is 0. The maximum Gasteiger partial charge on any atom is 0.143 e. The van der Waals surface area contributed by atoms with Crippen molar-refractivity contribution in [1.29, 1.82) is 0 Å². The minimum atomic E-state index is -0.0656. The highest BCUT2D eigenvalue weighted by Crippen LogP contribution is 2.51. The number of rotatable bonds is 4. The molecule has 1 aromatic carbocycles. The van der Waals surface area contributed by atoms with Crippen LogP contribution in [0.25, 0.3) is 0 Å². The van der Waals surface area contributed by atoms with Crippen LogP contribution in [-0.4, -0.2) is 5.78 Å². The van der Waals surface area contributed by atoms with Crippen LogP contribution < -0.4 is 0 Å². The molecule has 2 aliphatic rings. The molecule has 1 aromatic rings. The molecule has 0 radical (unpaired) electrons. The SMILES string of the molecule is O=C(CC1CC1)C1(c2ccccc2)CC1. The van der Waals surface area contributed by atoms with Crippen LogP contribution in [0.4, 0.5) is 0 Å². The highest BCUT2D eigenvalue weighted by molar-refractivity contribution is 5.93. The maximum atomic E-state index is 12.2. The molecule has 2 aliphatic carbocycles. The molecule has 1 nitrogen and oxygen atoms in total. The Hall–Kier alpha value is -1.11. The molecule has 0 aliphatic heterocycles.